The monoisotopic (exact) mass is 473 g/mol. The van der Waals surface area contributed by atoms with E-state index in [-0.39, 0.29) is 23.7 Å². The van der Waals surface area contributed by atoms with E-state index in [1.807, 2.05) is 24.6 Å². The van der Waals surface area contributed by atoms with Gasteiger partial charge in [0.25, 0.3) is 0 Å². The normalized spacial score (nSPS) is 14.2. The number of urea groups is 1. The van der Waals surface area contributed by atoms with Gasteiger partial charge in [0.2, 0.25) is 5.95 Å². The number of aromatic nitrogens is 4. The number of hydrogen-bond donors (Lipinski definition) is 3. The lowest BCUT2D eigenvalue weighted by atomic mass is 10.1. The number of carbonyl (C=O) groups is 1. The Morgan fingerprint density at radius 2 is 2.15 bits per heavy atom. The van der Waals surface area contributed by atoms with Crippen LogP contribution in [0.3, 0.4) is 0 Å². The molecule has 2 aromatic heterocycles. The number of amides is 2. The van der Waals surface area contributed by atoms with E-state index in [0.29, 0.717) is 31.0 Å². The molecule has 3 heterocycles. The van der Waals surface area contributed by atoms with Crippen LogP contribution < -0.4 is 10.6 Å². The minimum atomic E-state index is -0.712. The predicted octanol–water partition coefficient (Wildman–Crippen LogP) is 3.59. The number of benzene rings is 1. The fraction of sp³-hybridized carbons (Fsp3) is 0.364. The van der Waals surface area contributed by atoms with Gasteiger partial charge in [0.15, 0.2) is 0 Å². The zero-order chi connectivity index (χ0) is 23.5. The highest BCUT2D eigenvalue weighted by atomic mass is 35.5. The van der Waals surface area contributed by atoms with E-state index in [1.54, 1.807) is 17.3 Å². The lowest BCUT2D eigenvalue weighted by Crippen LogP contribution is -2.45. The standard InChI is InChI=1S/C22H25ClFN7O2/c1-13(2)31-20(5-7-26-31)29-21-25-10-15-6-8-30(11-18(15)27-21)22(33)28-19(12-32)14-3-4-17(24)16(23)9-14/h3-5,7,9-10,13,19,32H,6,8,11-12H2,1-2H3,(H,28,33)(H,25,27,29)/t19-/m1/s1. The van der Waals surface area contributed by atoms with Crippen molar-refractivity contribution in [2.75, 3.05) is 18.5 Å². The van der Waals surface area contributed by atoms with Crippen molar-refractivity contribution in [3.8, 4) is 0 Å². The Kier molecular flexibility index (Phi) is 6.75. The highest BCUT2D eigenvalue weighted by Gasteiger charge is 2.25. The van der Waals surface area contributed by atoms with Gasteiger partial charge in [-0.15, -0.1) is 0 Å². The van der Waals surface area contributed by atoms with Crippen molar-refractivity contribution in [2.45, 2.75) is 38.9 Å². The summed E-state index contributed by atoms with van der Waals surface area (Å²) >= 11 is 5.84. The molecule has 0 unspecified atom stereocenters. The lowest BCUT2D eigenvalue weighted by Gasteiger charge is -2.30. The average Bonchev–Trinajstić information content (AvgIpc) is 3.27. The second kappa shape index (κ2) is 9.72. The van der Waals surface area contributed by atoms with Gasteiger partial charge >= 0.3 is 6.03 Å². The second-order valence-electron chi connectivity index (χ2n) is 8.08. The molecular formula is C22H25ClFN7O2. The largest absolute Gasteiger partial charge is 0.394 e. The molecule has 0 radical (unpaired) electrons. The first-order chi connectivity index (χ1) is 15.9. The fourth-order valence-corrected chi connectivity index (χ4v) is 3.87. The summed E-state index contributed by atoms with van der Waals surface area (Å²) in [5.74, 6) is 0.642. The highest BCUT2D eigenvalue weighted by Crippen LogP contribution is 2.23. The fourth-order valence-electron chi connectivity index (χ4n) is 3.68. The third-order valence-electron chi connectivity index (χ3n) is 5.46. The molecule has 3 N–H and O–H groups in total. The highest BCUT2D eigenvalue weighted by molar-refractivity contribution is 6.30. The summed E-state index contributed by atoms with van der Waals surface area (Å²) in [6, 6.07) is 5.05. The van der Waals surface area contributed by atoms with Crippen LogP contribution in [-0.2, 0) is 13.0 Å². The molecule has 11 heteroatoms. The Balaban J connectivity index is 1.46. The minimum Gasteiger partial charge on any atom is -0.394 e. The molecule has 1 aliphatic heterocycles. The maximum absolute atomic E-state index is 13.5. The number of halogens is 2. The molecule has 174 valence electrons. The van der Waals surface area contributed by atoms with Crippen LogP contribution in [0, 0.1) is 5.82 Å². The summed E-state index contributed by atoms with van der Waals surface area (Å²) in [5.41, 5.74) is 2.24. The van der Waals surface area contributed by atoms with Crippen LogP contribution in [0.4, 0.5) is 21.0 Å². The molecule has 3 aromatic rings. The van der Waals surface area contributed by atoms with Gasteiger partial charge < -0.3 is 20.6 Å². The van der Waals surface area contributed by atoms with Crippen LogP contribution in [0.15, 0.2) is 36.7 Å². The first-order valence-corrected chi connectivity index (χ1v) is 11.0. The number of carbonyl (C=O) groups excluding carboxylic acids is 1. The van der Waals surface area contributed by atoms with Crippen molar-refractivity contribution in [3.63, 3.8) is 0 Å². The molecule has 0 aliphatic carbocycles. The second-order valence-corrected chi connectivity index (χ2v) is 8.48. The summed E-state index contributed by atoms with van der Waals surface area (Å²) in [5, 5.41) is 20.0. The van der Waals surface area contributed by atoms with Gasteiger partial charge in [-0.3, -0.25) is 0 Å². The number of aliphatic hydroxyl groups excluding tert-OH is 1. The smallest absolute Gasteiger partial charge is 0.318 e. The molecule has 0 saturated heterocycles. The van der Waals surface area contributed by atoms with E-state index in [4.69, 9.17) is 11.6 Å². The Hall–Kier alpha value is -3.24. The van der Waals surface area contributed by atoms with Crippen molar-refractivity contribution in [3.05, 3.63) is 64.3 Å². The van der Waals surface area contributed by atoms with E-state index >= 15 is 0 Å². The molecule has 1 aromatic carbocycles. The zero-order valence-electron chi connectivity index (χ0n) is 18.3. The summed E-state index contributed by atoms with van der Waals surface area (Å²) in [6.45, 7) is 4.49. The van der Waals surface area contributed by atoms with Gasteiger partial charge in [0.1, 0.15) is 11.6 Å². The van der Waals surface area contributed by atoms with Gasteiger partial charge in [0.05, 0.1) is 36.1 Å². The van der Waals surface area contributed by atoms with Gasteiger partial charge in [-0.25, -0.2) is 23.8 Å². The van der Waals surface area contributed by atoms with Crippen LogP contribution in [0.5, 0.6) is 0 Å². The van der Waals surface area contributed by atoms with Crippen molar-refractivity contribution in [1.29, 1.82) is 0 Å². The molecule has 1 aliphatic rings. The molecule has 4 rings (SSSR count). The molecule has 33 heavy (non-hydrogen) atoms. The Labute approximate surface area is 195 Å². The van der Waals surface area contributed by atoms with E-state index < -0.39 is 11.9 Å². The van der Waals surface area contributed by atoms with Crippen LogP contribution in [-0.4, -0.2) is 48.9 Å². The molecule has 2 amide bonds. The number of rotatable bonds is 6. The number of nitrogens with one attached hydrogen (secondary N) is 2. The quantitative estimate of drug-likeness (QED) is 0.505. The van der Waals surface area contributed by atoms with E-state index in [0.717, 1.165) is 17.1 Å². The lowest BCUT2D eigenvalue weighted by molar-refractivity contribution is 0.176. The average molecular weight is 474 g/mol. The number of fused-ring (bicyclic) bond motifs is 1. The van der Waals surface area contributed by atoms with Gasteiger partial charge in [-0.05, 0) is 43.5 Å². The third kappa shape index (κ3) is 5.07. The number of hydrogen-bond acceptors (Lipinski definition) is 6. The topological polar surface area (TPSA) is 108 Å². The summed E-state index contributed by atoms with van der Waals surface area (Å²) in [6.07, 6.45) is 4.09. The molecule has 0 saturated carbocycles. The molecule has 0 bridgehead atoms. The van der Waals surface area contributed by atoms with Gasteiger partial charge in [-0.2, -0.15) is 5.10 Å². The summed E-state index contributed by atoms with van der Waals surface area (Å²) < 4.78 is 15.3. The molecule has 1 atom stereocenters. The predicted molar refractivity (Wildman–Crippen MR) is 122 cm³/mol. The van der Waals surface area contributed by atoms with Crippen molar-refractivity contribution in [2.24, 2.45) is 0 Å². The number of anilines is 2. The minimum absolute atomic E-state index is 0.0670. The van der Waals surface area contributed by atoms with Gasteiger partial charge in [0, 0.05) is 24.8 Å². The summed E-state index contributed by atoms with van der Waals surface area (Å²) in [4.78, 5) is 23.5. The van der Waals surface area contributed by atoms with Crippen LogP contribution >= 0.6 is 11.6 Å². The van der Waals surface area contributed by atoms with Crippen LogP contribution in [0.2, 0.25) is 5.02 Å². The maximum Gasteiger partial charge on any atom is 0.318 e. The maximum atomic E-state index is 13.5. The van der Waals surface area contributed by atoms with Crippen molar-refractivity contribution < 1.29 is 14.3 Å². The number of nitrogens with zero attached hydrogens (tertiary/aromatic N) is 5. The van der Waals surface area contributed by atoms with E-state index in [2.05, 4.69) is 25.7 Å². The first kappa shape index (κ1) is 22.9. The van der Waals surface area contributed by atoms with E-state index in [1.165, 1.54) is 18.2 Å². The van der Waals surface area contributed by atoms with Crippen molar-refractivity contribution >= 4 is 29.4 Å². The van der Waals surface area contributed by atoms with E-state index in [9.17, 15) is 14.3 Å². The SMILES string of the molecule is CC(C)n1nccc1Nc1ncc2c(n1)CN(C(=O)N[C@H](CO)c1ccc(F)c(Cl)c1)CC2. The van der Waals surface area contributed by atoms with Crippen molar-refractivity contribution in [1.82, 2.24) is 30.0 Å². The Morgan fingerprint density at radius 3 is 2.88 bits per heavy atom. The van der Waals surface area contributed by atoms with Crippen LogP contribution in [0.25, 0.3) is 0 Å². The molecule has 0 fully saturated rings. The zero-order valence-corrected chi connectivity index (χ0v) is 19.1. The first-order valence-electron chi connectivity index (χ1n) is 10.6. The Bertz CT molecular complexity index is 1150. The van der Waals surface area contributed by atoms with Crippen LogP contribution in [0.1, 0.15) is 42.8 Å². The molecule has 9 nitrogen and oxygen atoms in total. The summed E-state index contributed by atoms with van der Waals surface area (Å²) in [7, 11) is 0. The number of aliphatic hydroxyl groups is 1. The molecular weight excluding hydrogens is 449 g/mol. The molecule has 0 spiro atoms. The Morgan fingerprint density at radius 1 is 1.33 bits per heavy atom. The van der Waals surface area contributed by atoms with Gasteiger partial charge in [-0.1, -0.05) is 17.7 Å². The third-order valence-corrected chi connectivity index (χ3v) is 5.75.